The third-order valence-corrected chi connectivity index (χ3v) is 4.10. The maximum absolute atomic E-state index is 13.5. The maximum Gasteiger partial charge on any atom is 0.438 e. The third kappa shape index (κ3) is 3.09. The number of hydrogen-bond donors (Lipinski definition) is 2. The summed E-state index contributed by atoms with van der Waals surface area (Å²) in [6, 6.07) is 15.4. The molecule has 2 aromatic rings. The number of nitrogens with zero attached hydrogens (tertiary/aromatic N) is 2. The largest absolute Gasteiger partial charge is 0.438 e. The lowest BCUT2D eigenvalue weighted by Crippen LogP contribution is -2.57. The van der Waals surface area contributed by atoms with Gasteiger partial charge in [-0.2, -0.15) is 23.3 Å². The van der Waals surface area contributed by atoms with Crippen molar-refractivity contribution < 1.29 is 28.2 Å². The Balaban J connectivity index is 2.00. The van der Waals surface area contributed by atoms with Crippen molar-refractivity contribution in [3.8, 4) is 0 Å². The highest BCUT2D eigenvalue weighted by atomic mass is 19.4. The van der Waals surface area contributed by atoms with Crippen LogP contribution < -0.4 is 0 Å². The molecule has 0 fully saturated rings. The van der Waals surface area contributed by atoms with E-state index in [9.17, 15) is 28.2 Å². The van der Waals surface area contributed by atoms with Crippen LogP contribution in [0.4, 0.5) is 13.2 Å². The van der Waals surface area contributed by atoms with Gasteiger partial charge in [-0.25, -0.2) is 0 Å². The summed E-state index contributed by atoms with van der Waals surface area (Å²) in [5.41, 5.74) is -3.17. The molecule has 0 saturated heterocycles. The molecule has 0 bridgehead atoms. The second-order valence-electron chi connectivity index (χ2n) is 5.87. The molecule has 1 aliphatic rings. The molecule has 2 atom stereocenters. The number of alkyl halides is 3. The zero-order valence-electron chi connectivity index (χ0n) is 13.4. The van der Waals surface area contributed by atoms with E-state index in [1.54, 1.807) is 24.3 Å². The van der Waals surface area contributed by atoms with Crippen molar-refractivity contribution in [2.24, 2.45) is 5.10 Å². The molecule has 2 N–H and O–H groups in total. The van der Waals surface area contributed by atoms with Gasteiger partial charge in [0.1, 0.15) is 0 Å². The molecular weight excluding hydrogens is 349 g/mol. The van der Waals surface area contributed by atoms with Crippen molar-refractivity contribution in [2.45, 2.75) is 24.4 Å². The lowest BCUT2D eigenvalue weighted by Gasteiger charge is -2.33. The molecule has 0 unspecified atom stereocenters. The average molecular weight is 364 g/mol. The zero-order chi connectivity index (χ0) is 18.9. The zero-order valence-corrected chi connectivity index (χ0v) is 13.4. The summed E-state index contributed by atoms with van der Waals surface area (Å²) < 4.78 is 40.5. The van der Waals surface area contributed by atoms with E-state index >= 15 is 0 Å². The first kappa shape index (κ1) is 18.1. The van der Waals surface area contributed by atoms with Gasteiger partial charge in [0.05, 0.1) is 12.1 Å². The first-order chi connectivity index (χ1) is 12.2. The fourth-order valence-electron chi connectivity index (χ4n) is 2.68. The average Bonchev–Trinajstić information content (AvgIpc) is 3.01. The van der Waals surface area contributed by atoms with Crippen LogP contribution in [0.2, 0.25) is 0 Å². The van der Waals surface area contributed by atoms with Crippen LogP contribution in [0.15, 0.2) is 65.8 Å². The Kier molecular flexibility index (Phi) is 4.55. The maximum atomic E-state index is 13.5. The molecule has 2 aromatic carbocycles. The number of amides is 1. The number of carbonyl (C=O) groups is 1. The van der Waals surface area contributed by atoms with Crippen LogP contribution in [-0.4, -0.2) is 38.7 Å². The highest BCUT2D eigenvalue weighted by Gasteiger charge is 2.63. The summed E-state index contributed by atoms with van der Waals surface area (Å²) in [4.78, 5) is 12.5. The van der Waals surface area contributed by atoms with Crippen molar-refractivity contribution in [1.29, 1.82) is 0 Å². The number of rotatable bonds is 3. The van der Waals surface area contributed by atoms with Crippen molar-refractivity contribution in [3.63, 3.8) is 0 Å². The lowest BCUT2D eigenvalue weighted by molar-refractivity contribution is -0.303. The van der Waals surface area contributed by atoms with Crippen LogP contribution in [0.5, 0.6) is 0 Å². The number of aliphatic hydroxyl groups excluding tert-OH is 1. The summed E-state index contributed by atoms with van der Waals surface area (Å²) in [5, 5.41) is 24.0. The van der Waals surface area contributed by atoms with Gasteiger partial charge in [0, 0.05) is 0 Å². The van der Waals surface area contributed by atoms with Gasteiger partial charge < -0.3 is 10.2 Å². The number of carbonyl (C=O) groups excluding carboxylic acids is 1. The first-order valence-corrected chi connectivity index (χ1v) is 7.73. The number of hydrazone groups is 1. The van der Waals surface area contributed by atoms with E-state index in [1.165, 1.54) is 36.4 Å². The molecule has 8 heteroatoms. The predicted octanol–water partition coefficient (Wildman–Crippen LogP) is 2.61. The topological polar surface area (TPSA) is 73.1 Å². The molecule has 0 aromatic heterocycles. The summed E-state index contributed by atoms with van der Waals surface area (Å²) in [6.07, 6.45) is -7.96. The number of halogens is 3. The van der Waals surface area contributed by atoms with E-state index in [4.69, 9.17) is 0 Å². The monoisotopic (exact) mass is 364 g/mol. The summed E-state index contributed by atoms with van der Waals surface area (Å²) >= 11 is 0. The molecule has 136 valence electrons. The standard InChI is InChI=1S/C18H15F3N2O3/c19-18(20,21)17(26)11-14(12-7-3-1-4-8-12)22-23(17)16(25)15(24)13-9-5-2-6-10-13/h1-10,15,24,26H,11H2/t15-,17-/m0/s1. The predicted molar refractivity (Wildman–Crippen MR) is 86.8 cm³/mol. The van der Waals surface area contributed by atoms with E-state index in [-0.39, 0.29) is 16.3 Å². The van der Waals surface area contributed by atoms with Crippen molar-refractivity contribution in [2.75, 3.05) is 0 Å². The molecule has 1 aliphatic heterocycles. The fraction of sp³-hybridized carbons (Fsp3) is 0.222. The Morgan fingerprint density at radius 1 is 1.08 bits per heavy atom. The van der Waals surface area contributed by atoms with Crippen LogP contribution in [0, 0.1) is 0 Å². The van der Waals surface area contributed by atoms with Gasteiger partial charge in [-0.15, -0.1) is 0 Å². The Hall–Kier alpha value is -2.71. The molecule has 0 aliphatic carbocycles. The van der Waals surface area contributed by atoms with Crippen LogP contribution in [0.25, 0.3) is 0 Å². The van der Waals surface area contributed by atoms with Crippen LogP contribution in [0.1, 0.15) is 23.7 Å². The van der Waals surface area contributed by atoms with Gasteiger partial charge in [0.15, 0.2) is 6.10 Å². The molecule has 0 saturated carbocycles. The van der Waals surface area contributed by atoms with E-state index in [0.717, 1.165) is 0 Å². The Labute approximate surface area is 147 Å². The fourth-order valence-corrected chi connectivity index (χ4v) is 2.68. The molecule has 1 amide bonds. The SMILES string of the molecule is O=C([C@@H](O)c1ccccc1)N1N=C(c2ccccc2)C[C@]1(O)C(F)(F)F. The Morgan fingerprint density at radius 3 is 2.15 bits per heavy atom. The summed E-state index contributed by atoms with van der Waals surface area (Å²) in [7, 11) is 0. The number of hydrogen-bond acceptors (Lipinski definition) is 4. The first-order valence-electron chi connectivity index (χ1n) is 7.73. The lowest BCUT2D eigenvalue weighted by atomic mass is 10.0. The van der Waals surface area contributed by atoms with Crippen LogP contribution in [0.3, 0.4) is 0 Å². The quantitative estimate of drug-likeness (QED) is 0.879. The van der Waals surface area contributed by atoms with Gasteiger partial charge >= 0.3 is 6.18 Å². The molecule has 1 heterocycles. The smallest absolute Gasteiger partial charge is 0.378 e. The normalized spacial score (nSPS) is 21.4. The van der Waals surface area contributed by atoms with Gasteiger partial charge in [-0.05, 0) is 11.1 Å². The molecule has 0 radical (unpaired) electrons. The highest BCUT2D eigenvalue weighted by Crippen LogP contribution is 2.42. The Bertz CT molecular complexity index is 825. The minimum absolute atomic E-state index is 0.0625. The minimum atomic E-state index is -5.15. The summed E-state index contributed by atoms with van der Waals surface area (Å²) in [6.45, 7) is 0. The van der Waals surface area contributed by atoms with Gasteiger partial charge in [-0.1, -0.05) is 60.7 Å². The second-order valence-corrected chi connectivity index (χ2v) is 5.87. The molecule has 26 heavy (non-hydrogen) atoms. The minimum Gasteiger partial charge on any atom is -0.378 e. The second kappa shape index (κ2) is 6.54. The Morgan fingerprint density at radius 2 is 1.62 bits per heavy atom. The van der Waals surface area contributed by atoms with E-state index in [1.807, 2.05) is 0 Å². The van der Waals surface area contributed by atoms with Gasteiger partial charge in [0.2, 0.25) is 0 Å². The van der Waals surface area contributed by atoms with Gasteiger partial charge in [-0.3, -0.25) is 4.79 Å². The number of benzene rings is 2. The van der Waals surface area contributed by atoms with E-state index < -0.39 is 30.3 Å². The number of aliphatic hydroxyl groups is 2. The van der Waals surface area contributed by atoms with Crippen molar-refractivity contribution in [3.05, 3.63) is 71.8 Å². The van der Waals surface area contributed by atoms with Gasteiger partial charge in [0.25, 0.3) is 11.6 Å². The highest BCUT2D eigenvalue weighted by molar-refractivity contribution is 6.03. The molecule has 5 nitrogen and oxygen atoms in total. The van der Waals surface area contributed by atoms with Crippen molar-refractivity contribution >= 4 is 11.6 Å². The third-order valence-electron chi connectivity index (χ3n) is 4.10. The van der Waals surface area contributed by atoms with Crippen LogP contribution >= 0.6 is 0 Å². The van der Waals surface area contributed by atoms with E-state index in [2.05, 4.69) is 5.10 Å². The van der Waals surface area contributed by atoms with Crippen molar-refractivity contribution in [1.82, 2.24) is 5.01 Å². The molecular formula is C18H15F3N2O3. The van der Waals surface area contributed by atoms with Crippen LogP contribution in [-0.2, 0) is 4.79 Å². The summed E-state index contributed by atoms with van der Waals surface area (Å²) in [5.74, 6) is -1.36. The van der Waals surface area contributed by atoms with E-state index in [0.29, 0.717) is 5.56 Å². The molecule has 0 spiro atoms. The molecule has 3 rings (SSSR count).